The first-order valence-electron chi connectivity index (χ1n) is 11.2. The van der Waals surface area contributed by atoms with E-state index in [4.69, 9.17) is 4.74 Å². The highest BCUT2D eigenvalue weighted by Gasteiger charge is 2.28. The molecule has 0 bridgehead atoms. The van der Waals surface area contributed by atoms with Crippen LogP contribution in [0.2, 0.25) is 0 Å². The highest BCUT2D eigenvalue weighted by Crippen LogP contribution is 2.39. The van der Waals surface area contributed by atoms with E-state index in [1.165, 1.54) is 11.3 Å². The van der Waals surface area contributed by atoms with E-state index in [-0.39, 0.29) is 25.0 Å². The first-order chi connectivity index (χ1) is 16.8. The van der Waals surface area contributed by atoms with Gasteiger partial charge in [-0.25, -0.2) is 4.79 Å². The number of carbonyl (C=O) groups excluding carboxylic acids is 3. The standard InChI is InChI=1S/C26H24Br2N2O4S/c1-15-2-11-20-21(14-15)35-25(30-23(31)16-3-7-18(27)8-4-16)22(20)24(32)29-12-13-34-26(33)17-5-9-19(28)10-6-17/h3-10,15H,2,11-14H2,1H3,(H,29,32)(H,30,31). The van der Waals surface area contributed by atoms with Gasteiger partial charge < -0.3 is 15.4 Å². The molecule has 1 aromatic heterocycles. The zero-order chi connectivity index (χ0) is 24.9. The fourth-order valence-corrected chi connectivity index (χ4v) is 5.85. The summed E-state index contributed by atoms with van der Waals surface area (Å²) in [4.78, 5) is 39.4. The molecule has 3 aromatic rings. The molecule has 9 heteroatoms. The Kier molecular flexibility index (Phi) is 8.41. The predicted molar refractivity (Wildman–Crippen MR) is 144 cm³/mol. The van der Waals surface area contributed by atoms with E-state index in [1.54, 1.807) is 48.5 Å². The number of hydrogen-bond acceptors (Lipinski definition) is 5. The number of carbonyl (C=O) groups is 3. The molecule has 0 radical (unpaired) electrons. The second-order valence-electron chi connectivity index (χ2n) is 8.42. The zero-order valence-corrected chi connectivity index (χ0v) is 23.0. The number of anilines is 1. The Bertz CT molecular complexity index is 1240. The highest BCUT2D eigenvalue weighted by atomic mass is 79.9. The van der Waals surface area contributed by atoms with Gasteiger partial charge in [-0.15, -0.1) is 11.3 Å². The number of thiophene rings is 1. The van der Waals surface area contributed by atoms with E-state index in [1.807, 2.05) is 0 Å². The second kappa shape index (κ2) is 11.5. The van der Waals surface area contributed by atoms with Crippen LogP contribution < -0.4 is 10.6 Å². The van der Waals surface area contributed by atoms with E-state index >= 15 is 0 Å². The third-order valence-corrected chi connectivity index (χ3v) is 8.00. The molecule has 0 saturated heterocycles. The van der Waals surface area contributed by atoms with Crippen molar-refractivity contribution < 1.29 is 19.1 Å². The van der Waals surface area contributed by atoms with E-state index in [0.717, 1.165) is 38.6 Å². The summed E-state index contributed by atoms with van der Waals surface area (Å²) in [6.45, 7) is 2.41. The smallest absolute Gasteiger partial charge is 0.338 e. The van der Waals surface area contributed by atoms with E-state index in [9.17, 15) is 14.4 Å². The quantitative estimate of drug-likeness (QED) is 0.242. The predicted octanol–water partition coefficient (Wildman–Crippen LogP) is 6.24. The zero-order valence-electron chi connectivity index (χ0n) is 19.0. The molecule has 2 aromatic carbocycles. The summed E-state index contributed by atoms with van der Waals surface area (Å²) in [7, 11) is 0. The lowest BCUT2D eigenvalue weighted by molar-refractivity contribution is 0.0503. The molecule has 182 valence electrons. The fourth-order valence-electron chi connectivity index (χ4n) is 3.92. The van der Waals surface area contributed by atoms with Gasteiger partial charge in [0.2, 0.25) is 0 Å². The number of ether oxygens (including phenoxy) is 1. The molecule has 1 aliphatic carbocycles. The van der Waals surface area contributed by atoms with Crippen molar-refractivity contribution in [1.29, 1.82) is 0 Å². The van der Waals surface area contributed by atoms with Crippen LogP contribution in [0.3, 0.4) is 0 Å². The maximum atomic E-state index is 13.2. The number of fused-ring (bicyclic) bond motifs is 1. The summed E-state index contributed by atoms with van der Waals surface area (Å²) in [6.07, 6.45) is 2.68. The Balaban J connectivity index is 1.43. The summed E-state index contributed by atoms with van der Waals surface area (Å²) in [5, 5.41) is 6.35. The minimum Gasteiger partial charge on any atom is -0.460 e. The molecule has 1 atom stereocenters. The van der Waals surface area contributed by atoms with Crippen LogP contribution in [0.15, 0.2) is 57.5 Å². The molecular formula is C26H24Br2N2O4S. The summed E-state index contributed by atoms with van der Waals surface area (Å²) in [6, 6.07) is 13.9. The van der Waals surface area contributed by atoms with Gasteiger partial charge in [0, 0.05) is 19.4 Å². The Morgan fingerprint density at radius 3 is 2.26 bits per heavy atom. The van der Waals surface area contributed by atoms with Crippen LogP contribution in [0.1, 0.15) is 54.9 Å². The number of hydrogen-bond donors (Lipinski definition) is 2. The minimum absolute atomic E-state index is 0.0462. The van der Waals surface area contributed by atoms with Crippen molar-refractivity contribution in [3.63, 3.8) is 0 Å². The molecule has 2 N–H and O–H groups in total. The van der Waals surface area contributed by atoms with Crippen molar-refractivity contribution in [2.45, 2.75) is 26.2 Å². The van der Waals surface area contributed by atoms with Crippen LogP contribution in [0.4, 0.5) is 5.00 Å². The Labute approximate surface area is 224 Å². The number of rotatable bonds is 7. The fraction of sp³-hybridized carbons (Fsp3) is 0.269. The van der Waals surface area contributed by atoms with Gasteiger partial charge in [0.05, 0.1) is 17.7 Å². The SMILES string of the molecule is CC1CCc2c(sc(NC(=O)c3ccc(Br)cc3)c2C(=O)NCCOC(=O)c2ccc(Br)cc2)C1. The van der Waals surface area contributed by atoms with Crippen molar-refractivity contribution >= 4 is 66.0 Å². The molecule has 35 heavy (non-hydrogen) atoms. The minimum atomic E-state index is -0.448. The summed E-state index contributed by atoms with van der Waals surface area (Å²) < 4.78 is 7.04. The topological polar surface area (TPSA) is 84.5 Å². The van der Waals surface area contributed by atoms with Crippen molar-refractivity contribution in [3.05, 3.63) is 84.6 Å². The number of amides is 2. The molecule has 0 fully saturated rings. The third-order valence-electron chi connectivity index (χ3n) is 5.77. The van der Waals surface area contributed by atoms with Gasteiger partial charge in [0.25, 0.3) is 11.8 Å². The second-order valence-corrected chi connectivity index (χ2v) is 11.4. The summed E-state index contributed by atoms with van der Waals surface area (Å²) in [5.41, 5.74) is 2.47. The van der Waals surface area contributed by atoms with Crippen molar-refractivity contribution in [3.8, 4) is 0 Å². The van der Waals surface area contributed by atoms with Crippen LogP contribution in [-0.4, -0.2) is 30.9 Å². The van der Waals surface area contributed by atoms with E-state index in [2.05, 4.69) is 49.4 Å². The monoisotopic (exact) mass is 618 g/mol. The molecule has 4 rings (SSSR count). The van der Waals surface area contributed by atoms with Crippen molar-refractivity contribution in [2.24, 2.45) is 5.92 Å². The van der Waals surface area contributed by atoms with E-state index < -0.39 is 5.97 Å². The first-order valence-corrected chi connectivity index (χ1v) is 13.6. The molecule has 1 heterocycles. The maximum absolute atomic E-state index is 13.2. The average Bonchev–Trinajstić information content (AvgIpc) is 3.19. The maximum Gasteiger partial charge on any atom is 0.338 e. The molecule has 1 unspecified atom stereocenters. The lowest BCUT2D eigenvalue weighted by Gasteiger charge is -2.18. The molecule has 0 saturated carbocycles. The van der Waals surface area contributed by atoms with Crippen LogP contribution >= 0.6 is 43.2 Å². The average molecular weight is 620 g/mol. The first kappa shape index (κ1) is 25.6. The van der Waals surface area contributed by atoms with Gasteiger partial charge in [-0.05, 0) is 79.3 Å². The summed E-state index contributed by atoms with van der Waals surface area (Å²) in [5.74, 6) is -0.453. The van der Waals surface area contributed by atoms with Crippen LogP contribution in [-0.2, 0) is 17.6 Å². The van der Waals surface area contributed by atoms with Crippen LogP contribution in [0.5, 0.6) is 0 Å². The van der Waals surface area contributed by atoms with E-state index in [0.29, 0.717) is 27.6 Å². The number of benzene rings is 2. The molecule has 2 amide bonds. The van der Waals surface area contributed by atoms with Crippen LogP contribution in [0, 0.1) is 5.92 Å². The third kappa shape index (κ3) is 6.39. The Hall–Kier alpha value is -2.49. The van der Waals surface area contributed by atoms with Gasteiger partial charge in [0.15, 0.2) is 0 Å². The molecule has 6 nitrogen and oxygen atoms in total. The van der Waals surface area contributed by atoms with Crippen LogP contribution in [0.25, 0.3) is 0 Å². The summed E-state index contributed by atoms with van der Waals surface area (Å²) >= 11 is 8.18. The van der Waals surface area contributed by atoms with Crippen molar-refractivity contribution in [1.82, 2.24) is 5.32 Å². The Morgan fingerprint density at radius 1 is 0.971 bits per heavy atom. The number of halogens is 2. The largest absolute Gasteiger partial charge is 0.460 e. The number of esters is 1. The van der Waals surface area contributed by atoms with Gasteiger partial charge in [0.1, 0.15) is 11.6 Å². The highest BCUT2D eigenvalue weighted by molar-refractivity contribution is 9.10. The molecule has 0 aliphatic heterocycles. The Morgan fingerprint density at radius 2 is 1.60 bits per heavy atom. The lowest BCUT2D eigenvalue weighted by atomic mass is 9.88. The normalized spacial score (nSPS) is 14.7. The van der Waals surface area contributed by atoms with Gasteiger partial charge in [-0.3, -0.25) is 9.59 Å². The molecular weight excluding hydrogens is 596 g/mol. The van der Waals surface area contributed by atoms with Gasteiger partial charge >= 0.3 is 5.97 Å². The number of nitrogens with one attached hydrogen (secondary N) is 2. The van der Waals surface area contributed by atoms with Gasteiger partial charge in [-0.2, -0.15) is 0 Å². The van der Waals surface area contributed by atoms with Gasteiger partial charge in [-0.1, -0.05) is 38.8 Å². The molecule has 0 spiro atoms. The molecule has 1 aliphatic rings. The van der Waals surface area contributed by atoms with Crippen molar-refractivity contribution in [2.75, 3.05) is 18.5 Å². The lowest BCUT2D eigenvalue weighted by Crippen LogP contribution is -2.29.